The first-order chi connectivity index (χ1) is 14.0. The third kappa shape index (κ3) is 6.01. The summed E-state index contributed by atoms with van der Waals surface area (Å²) in [5.41, 5.74) is 0.912. The van der Waals surface area contributed by atoms with Crippen LogP contribution in [0.5, 0.6) is 0 Å². The molecule has 2 fully saturated rings. The molecule has 3 amide bonds. The van der Waals surface area contributed by atoms with Crippen LogP contribution in [0, 0.1) is 5.92 Å². The zero-order valence-corrected chi connectivity index (χ0v) is 16.5. The lowest BCUT2D eigenvalue weighted by Crippen LogP contribution is -2.56. The highest BCUT2D eigenvalue weighted by molar-refractivity contribution is 5.86. The summed E-state index contributed by atoms with van der Waals surface area (Å²) in [6.07, 6.45) is 2.13. The molecule has 0 aromatic heterocycles. The van der Waals surface area contributed by atoms with Gasteiger partial charge in [-0.15, -0.1) is 0 Å². The number of carbonyl (C=O) groups is 3. The number of benzene rings is 1. The number of nitrogens with one attached hydrogen (secondary N) is 4. The lowest BCUT2D eigenvalue weighted by Gasteiger charge is -2.29. The Hall–Kier alpha value is -2.45. The van der Waals surface area contributed by atoms with E-state index >= 15 is 0 Å². The zero-order valence-electron chi connectivity index (χ0n) is 16.5. The molecule has 4 atom stereocenters. The third-order valence-electron chi connectivity index (χ3n) is 5.62. The Bertz CT molecular complexity index is 706. The average Bonchev–Trinajstić information content (AvgIpc) is 3.16. The molecule has 1 aromatic rings. The van der Waals surface area contributed by atoms with Gasteiger partial charge in [-0.05, 0) is 37.8 Å². The highest BCUT2D eigenvalue weighted by atomic mass is 16.3. The number of aliphatic hydroxyl groups is 1. The molecule has 0 aliphatic carbocycles. The van der Waals surface area contributed by atoms with Gasteiger partial charge < -0.3 is 26.4 Å². The van der Waals surface area contributed by atoms with E-state index in [2.05, 4.69) is 21.3 Å². The Morgan fingerprint density at radius 2 is 1.93 bits per heavy atom. The van der Waals surface area contributed by atoms with Crippen LogP contribution >= 0.6 is 0 Å². The zero-order chi connectivity index (χ0) is 20.6. The summed E-state index contributed by atoms with van der Waals surface area (Å²) in [6.45, 7) is 1.63. The number of hydrogen-bond donors (Lipinski definition) is 5. The van der Waals surface area contributed by atoms with Crippen molar-refractivity contribution in [1.29, 1.82) is 0 Å². The van der Waals surface area contributed by atoms with Crippen LogP contribution in [-0.2, 0) is 20.9 Å². The Morgan fingerprint density at radius 1 is 1.14 bits per heavy atom. The van der Waals surface area contributed by atoms with Gasteiger partial charge in [0.15, 0.2) is 6.10 Å². The smallest absolute Gasteiger partial charge is 0.251 e. The number of aliphatic hydroxyl groups excluding tert-OH is 1. The van der Waals surface area contributed by atoms with Crippen LogP contribution in [0.2, 0.25) is 0 Å². The van der Waals surface area contributed by atoms with Gasteiger partial charge in [-0.3, -0.25) is 14.4 Å². The van der Waals surface area contributed by atoms with E-state index in [0.29, 0.717) is 13.0 Å². The van der Waals surface area contributed by atoms with Crippen molar-refractivity contribution in [1.82, 2.24) is 21.3 Å². The molecular weight excluding hydrogens is 372 g/mol. The van der Waals surface area contributed by atoms with Gasteiger partial charge in [0.2, 0.25) is 11.8 Å². The van der Waals surface area contributed by atoms with E-state index in [1.165, 1.54) is 0 Å². The van der Waals surface area contributed by atoms with Crippen molar-refractivity contribution in [3.8, 4) is 0 Å². The number of amides is 3. The quantitative estimate of drug-likeness (QED) is 0.413. The van der Waals surface area contributed by atoms with Crippen LogP contribution in [0.1, 0.15) is 37.7 Å². The molecule has 0 saturated carbocycles. The molecule has 158 valence electrons. The van der Waals surface area contributed by atoms with Crippen LogP contribution < -0.4 is 21.3 Å². The SMILES string of the molecule is O=C(NCc1ccccc1)C(O)C(C[C@@H]1CCNC1=O)NC(=O)[C@@H]1CCCCN1. The maximum Gasteiger partial charge on any atom is 0.251 e. The molecule has 8 heteroatoms. The predicted molar refractivity (Wildman–Crippen MR) is 108 cm³/mol. The van der Waals surface area contributed by atoms with Crippen molar-refractivity contribution in [2.45, 2.75) is 56.8 Å². The summed E-state index contributed by atoms with van der Waals surface area (Å²) >= 11 is 0. The van der Waals surface area contributed by atoms with Gasteiger partial charge in [-0.1, -0.05) is 36.8 Å². The van der Waals surface area contributed by atoms with E-state index in [1.807, 2.05) is 30.3 Å². The number of piperidine rings is 1. The average molecular weight is 402 g/mol. The Morgan fingerprint density at radius 3 is 2.59 bits per heavy atom. The van der Waals surface area contributed by atoms with Crippen molar-refractivity contribution < 1.29 is 19.5 Å². The van der Waals surface area contributed by atoms with Gasteiger partial charge in [-0.2, -0.15) is 0 Å². The molecule has 2 heterocycles. The molecule has 0 bridgehead atoms. The molecule has 0 spiro atoms. The van der Waals surface area contributed by atoms with Crippen LogP contribution in [0.15, 0.2) is 30.3 Å². The molecule has 5 N–H and O–H groups in total. The van der Waals surface area contributed by atoms with Crippen molar-refractivity contribution in [3.05, 3.63) is 35.9 Å². The van der Waals surface area contributed by atoms with Gasteiger partial charge in [0.1, 0.15) is 0 Å². The lowest BCUT2D eigenvalue weighted by molar-refractivity contribution is -0.134. The summed E-state index contributed by atoms with van der Waals surface area (Å²) in [5, 5.41) is 22.1. The summed E-state index contributed by atoms with van der Waals surface area (Å²) in [4.78, 5) is 37.2. The van der Waals surface area contributed by atoms with Gasteiger partial charge in [0.05, 0.1) is 12.1 Å². The first-order valence-corrected chi connectivity index (χ1v) is 10.4. The molecule has 2 unspecified atom stereocenters. The van der Waals surface area contributed by atoms with Crippen LogP contribution in [0.3, 0.4) is 0 Å². The fourth-order valence-electron chi connectivity index (χ4n) is 3.87. The number of hydrogen-bond acceptors (Lipinski definition) is 5. The largest absolute Gasteiger partial charge is 0.381 e. The van der Waals surface area contributed by atoms with Crippen molar-refractivity contribution in [2.75, 3.05) is 13.1 Å². The first-order valence-electron chi connectivity index (χ1n) is 10.4. The van der Waals surface area contributed by atoms with Crippen molar-refractivity contribution in [2.24, 2.45) is 5.92 Å². The number of carbonyl (C=O) groups excluding carboxylic acids is 3. The maximum atomic E-state index is 12.7. The summed E-state index contributed by atoms with van der Waals surface area (Å²) in [6, 6.07) is 8.23. The van der Waals surface area contributed by atoms with Gasteiger partial charge in [-0.25, -0.2) is 0 Å². The minimum atomic E-state index is -1.43. The predicted octanol–water partition coefficient (Wildman–Crippen LogP) is -0.183. The molecule has 3 rings (SSSR count). The van der Waals surface area contributed by atoms with E-state index in [4.69, 9.17) is 0 Å². The van der Waals surface area contributed by atoms with Gasteiger partial charge in [0.25, 0.3) is 5.91 Å². The van der Waals surface area contributed by atoms with E-state index in [9.17, 15) is 19.5 Å². The molecule has 0 radical (unpaired) electrons. The molecule has 8 nitrogen and oxygen atoms in total. The van der Waals surface area contributed by atoms with Crippen LogP contribution in [-0.4, -0.2) is 54.1 Å². The van der Waals surface area contributed by atoms with E-state index in [0.717, 1.165) is 31.4 Å². The standard InChI is InChI=1S/C21H30N4O4/c26-18(21(29)24-13-14-6-2-1-3-7-14)17(12-15-9-11-23-19(15)27)25-20(28)16-8-4-5-10-22-16/h1-3,6-7,15-18,22,26H,4-5,8-13H2,(H,23,27)(H,24,29)(H,25,28)/t15-,16-,17?,18?/m0/s1. The second-order valence-electron chi connectivity index (χ2n) is 7.78. The second-order valence-corrected chi connectivity index (χ2v) is 7.78. The highest BCUT2D eigenvalue weighted by Crippen LogP contribution is 2.19. The highest BCUT2D eigenvalue weighted by Gasteiger charge is 2.35. The third-order valence-corrected chi connectivity index (χ3v) is 5.62. The fourth-order valence-corrected chi connectivity index (χ4v) is 3.87. The van der Waals surface area contributed by atoms with E-state index in [1.54, 1.807) is 0 Å². The first kappa shape index (κ1) is 21.3. The molecular formula is C21H30N4O4. The Balaban J connectivity index is 1.62. The van der Waals surface area contributed by atoms with Gasteiger partial charge >= 0.3 is 0 Å². The molecule has 2 aliphatic heterocycles. The fraction of sp³-hybridized carbons (Fsp3) is 0.571. The Labute approximate surface area is 170 Å². The van der Waals surface area contributed by atoms with Crippen LogP contribution in [0.25, 0.3) is 0 Å². The topological polar surface area (TPSA) is 120 Å². The van der Waals surface area contributed by atoms with E-state index < -0.39 is 18.1 Å². The molecule has 2 aliphatic rings. The summed E-state index contributed by atoms with van der Waals surface area (Å²) in [7, 11) is 0. The van der Waals surface area contributed by atoms with Crippen molar-refractivity contribution >= 4 is 17.7 Å². The maximum absolute atomic E-state index is 12.7. The van der Waals surface area contributed by atoms with Gasteiger partial charge in [0, 0.05) is 19.0 Å². The monoisotopic (exact) mass is 402 g/mol. The second kappa shape index (κ2) is 10.4. The minimum Gasteiger partial charge on any atom is -0.381 e. The minimum absolute atomic E-state index is 0.100. The Kier molecular flexibility index (Phi) is 7.60. The summed E-state index contributed by atoms with van der Waals surface area (Å²) in [5.74, 6) is -1.22. The number of rotatable bonds is 8. The normalized spacial score (nSPS) is 23.7. The van der Waals surface area contributed by atoms with Crippen LogP contribution in [0.4, 0.5) is 0 Å². The molecule has 29 heavy (non-hydrogen) atoms. The summed E-state index contributed by atoms with van der Waals surface area (Å²) < 4.78 is 0. The van der Waals surface area contributed by atoms with E-state index in [-0.39, 0.29) is 36.7 Å². The molecule has 2 saturated heterocycles. The van der Waals surface area contributed by atoms with Crippen molar-refractivity contribution in [3.63, 3.8) is 0 Å². The molecule has 1 aromatic carbocycles. The lowest BCUT2D eigenvalue weighted by atomic mass is 9.93.